The maximum Gasteiger partial charge on any atom is 0.325 e. The van der Waals surface area contributed by atoms with Gasteiger partial charge in [0.2, 0.25) is 0 Å². The van der Waals surface area contributed by atoms with E-state index in [0.29, 0.717) is 5.82 Å². The topological polar surface area (TPSA) is 70.1 Å². The third-order valence-electron chi connectivity index (χ3n) is 1.19. The van der Waals surface area contributed by atoms with Gasteiger partial charge < -0.3 is 15.0 Å². The van der Waals surface area contributed by atoms with Crippen LogP contribution < -0.4 is 5.73 Å². The Balaban J connectivity index is 2.57. The minimum absolute atomic E-state index is 0.153. The molecule has 0 unspecified atom stereocenters. The molecule has 1 aromatic rings. The molecule has 0 aliphatic rings. The molecule has 60 valence electrons. The van der Waals surface area contributed by atoms with Crippen molar-refractivity contribution in [2.75, 3.05) is 12.8 Å². The van der Waals surface area contributed by atoms with Gasteiger partial charge in [0.15, 0.2) is 0 Å². The molecule has 0 aliphatic carbocycles. The van der Waals surface area contributed by atoms with Crippen molar-refractivity contribution in [1.29, 1.82) is 0 Å². The summed E-state index contributed by atoms with van der Waals surface area (Å²) in [4.78, 5) is 14.4. The summed E-state index contributed by atoms with van der Waals surface area (Å²) in [7, 11) is 1.34. The lowest BCUT2D eigenvalue weighted by Gasteiger charge is -1.97. The van der Waals surface area contributed by atoms with E-state index in [4.69, 9.17) is 5.73 Å². The molecule has 1 heterocycles. The van der Waals surface area contributed by atoms with Crippen LogP contribution in [0.2, 0.25) is 0 Å². The van der Waals surface area contributed by atoms with Gasteiger partial charge in [-0.3, -0.25) is 4.79 Å². The average molecular weight is 155 g/mol. The van der Waals surface area contributed by atoms with Crippen molar-refractivity contribution >= 4 is 11.8 Å². The third-order valence-corrected chi connectivity index (χ3v) is 1.19. The molecular formula is C6H9N3O2. The largest absolute Gasteiger partial charge is 0.468 e. The van der Waals surface area contributed by atoms with Crippen LogP contribution in [0.5, 0.6) is 0 Å². The number of ether oxygens (including phenoxy) is 1. The minimum atomic E-state index is -0.317. The number of hydrogen-bond donors (Lipinski definition) is 1. The van der Waals surface area contributed by atoms with Crippen molar-refractivity contribution < 1.29 is 9.53 Å². The molecule has 0 saturated heterocycles. The number of esters is 1. The fourth-order valence-electron chi connectivity index (χ4n) is 0.677. The van der Waals surface area contributed by atoms with Crippen molar-refractivity contribution in [2.45, 2.75) is 6.54 Å². The lowest BCUT2D eigenvalue weighted by molar-refractivity contribution is -0.141. The van der Waals surface area contributed by atoms with Gasteiger partial charge in [-0.25, -0.2) is 4.98 Å². The van der Waals surface area contributed by atoms with Crippen molar-refractivity contribution in [2.24, 2.45) is 0 Å². The van der Waals surface area contributed by atoms with Crippen LogP contribution in [-0.4, -0.2) is 22.6 Å². The molecule has 5 heteroatoms. The Morgan fingerprint density at radius 1 is 1.91 bits per heavy atom. The minimum Gasteiger partial charge on any atom is -0.468 e. The number of hydrogen-bond acceptors (Lipinski definition) is 4. The second-order valence-corrected chi connectivity index (χ2v) is 2.05. The predicted octanol–water partition coefficient (Wildman–Crippen LogP) is -0.362. The molecule has 11 heavy (non-hydrogen) atoms. The van der Waals surface area contributed by atoms with E-state index in [9.17, 15) is 4.79 Å². The number of aromatic nitrogens is 2. The maximum absolute atomic E-state index is 10.7. The molecule has 0 saturated carbocycles. The third kappa shape index (κ3) is 1.96. The number of methoxy groups -OCH3 is 1. The number of nitrogens with two attached hydrogens (primary N) is 1. The Morgan fingerprint density at radius 2 is 2.64 bits per heavy atom. The highest BCUT2D eigenvalue weighted by molar-refractivity contribution is 5.69. The SMILES string of the molecule is COC(=O)Cn1cnc(N)c1. The van der Waals surface area contributed by atoms with Crippen LogP contribution >= 0.6 is 0 Å². The molecular weight excluding hydrogens is 146 g/mol. The van der Waals surface area contributed by atoms with Gasteiger partial charge in [-0.15, -0.1) is 0 Å². The fourth-order valence-corrected chi connectivity index (χ4v) is 0.677. The number of nitrogen functional groups attached to an aromatic ring is 1. The molecule has 2 N–H and O–H groups in total. The van der Waals surface area contributed by atoms with Crippen molar-refractivity contribution in [3.8, 4) is 0 Å². The van der Waals surface area contributed by atoms with Crippen LogP contribution in [0, 0.1) is 0 Å². The molecule has 0 fully saturated rings. The summed E-state index contributed by atoms with van der Waals surface area (Å²) in [5, 5.41) is 0. The molecule has 0 aromatic carbocycles. The van der Waals surface area contributed by atoms with Crippen LogP contribution in [0.1, 0.15) is 0 Å². The maximum atomic E-state index is 10.7. The standard InChI is InChI=1S/C6H9N3O2/c1-11-6(10)3-9-2-5(7)8-4-9/h2,4H,3,7H2,1H3. The van der Waals surface area contributed by atoms with Crippen LogP contribution in [0.15, 0.2) is 12.5 Å². The van der Waals surface area contributed by atoms with Gasteiger partial charge >= 0.3 is 5.97 Å². The fraction of sp³-hybridized carbons (Fsp3) is 0.333. The van der Waals surface area contributed by atoms with Gasteiger partial charge in [0, 0.05) is 6.20 Å². The summed E-state index contributed by atoms with van der Waals surface area (Å²) in [6.07, 6.45) is 3.04. The van der Waals surface area contributed by atoms with E-state index in [-0.39, 0.29) is 12.5 Å². The predicted molar refractivity (Wildman–Crippen MR) is 38.7 cm³/mol. The number of carbonyl (C=O) groups excluding carboxylic acids is 1. The van der Waals surface area contributed by atoms with E-state index in [1.807, 2.05) is 0 Å². The van der Waals surface area contributed by atoms with E-state index in [0.717, 1.165) is 0 Å². The Hall–Kier alpha value is -1.52. The zero-order valence-corrected chi connectivity index (χ0v) is 6.15. The number of anilines is 1. The van der Waals surface area contributed by atoms with Crippen LogP contribution in [0.3, 0.4) is 0 Å². The highest BCUT2D eigenvalue weighted by Crippen LogP contribution is 1.95. The average Bonchev–Trinajstić information content (AvgIpc) is 2.35. The first-order valence-electron chi connectivity index (χ1n) is 3.06. The molecule has 5 nitrogen and oxygen atoms in total. The lowest BCUT2D eigenvalue weighted by atomic mass is 10.6. The van der Waals surface area contributed by atoms with Crippen LogP contribution in [0.4, 0.5) is 5.82 Å². The van der Waals surface area contributed by atoms with Crippen molar-refractivity contribution in [3.05, 3.63) is 12.5 Å². The Morgan fingerprint density at radius 3 is 3.09 bits per heavy atom. The summed E-state index contributed by atoms with van der Waals surface area (Å²) in [5.74, 6) is 0.0799. The Kier molecular flexibility index (Phi) is 2.10. The number of imidazole rings is 1. The monoisotopic (exact) mass is 155 g/mol. The molecule has 0 amide bonds. The van der Waals surface area contributed by atoms with Gasteiger partial charge in [-0.2, -0.15) is 0 Å². The molecule has 0 spiro atoms. The smallest absolute Gasteiger partial charge is 0.325 e. The zero-order chi connectivity index (χ0) is 8.27. The van der Waals surface area contributed by atoms with E-state index in [1.54, 1.807) is 10.8 Å². The molecule has 1 rings (SSSR count). The zero-order valence-electron chi connectivity index (χ0n) is 6.15. The first-order chi connectivity index (χ1) is 5.22. The molecule has 0 aliphatic heterocycles. The Labute approximate surface area is 63.8 Å². The lowest BCUT2D eigenvalue weighted by Crippen LogP contribution is -2.09. The van der Waals surface area contributed by atoms with E-state index in [1.165, 1.54) is 13.4 Å². The summed E-state index contributed by atoms with van der Waals surface area (Å²) in [6, 6.07) is 0. The number of carbonyl (C=O) groups is 1. The van der Waals surface area contributed by atoms with E-state index >= 15 is 0 Å². The van der Waals surface area contributed by atoms with Crippen molar-refractivity contribution in [1.82, 2.24) is 9.55 Å². The highest BCUT2D eigenvalue weighted by atomic mass is 16.5. The van der Waals surface area contributed by atoms with Gasteiger partial charge in [-0.05, 0) is 0 Å². The molecule has 0 radical (unpaired) electrons. The van der Waals surface area contributed by atoms with Crippen molar-refractivity contribution in [3.63, 3.8) is 0 Å². The highest BCUT2D eigenvalue weighted by Gasteiger charge is 2.00. The van der Waals surface area contributed by atoms with E-state index < -0.39 is 0 Å². The summed E-state index contributed by atoms with van der Waals surface area (Å²) in [6.45, 7) is 0.153. The number of nitrogens with zero attached hydrogens (tertiary/aromatic N) is 2. The summed E-state index contributed by atoms with van der Waals surface area (Å²) in [5.41, 5.74) is 5.31. The van der Waals surface area contributed by atoms with Crippen LogP contribution in [0.25, 0.3) is 0 Å². The Bertz CT molecular complexity index is 256. The first-order valence-corrected chi connectivity index (χ1v) is 3.06. The van der Waals surface area contributed by atoms with Gasteiger partial charge in [0.25, 0.3) is 0 Å². The normalized spacial score (nSPS) is 9.55. The molecule has 0 bridgehead atoms. The molecule has 0 atom stereocenters. The first kappa shape index (κ1) is 7.59. The summed E-state index contributed by atoms with van der Waals surface area (Å²) < 4.78 is 5.99. The molecule has 1 aromatic heterocycles. The second-order valence-electron chi connectivity index (χ2n) is 2.05. The second kappa shape index (κ2) is 3.05. The van der Waals surface area contributed by atoms with E-state index in [2.05, 4.69) is 9.72 Å². The van der Waals surface area contributed by atoms with Crippen LogP contribution in [-0.2, 0) is 16.1 Å². The van der Waals surface area contributed by atoms with Gasteiger partial charge in [0.1, 0.15) is 12.4 Å². The van der Waals surface area contributed by atoms with Gasteiger partial charge in [-0.1, -0.05) is 0 Å². The van der Waals surface area contributed by atoms with Gasteiger partial charge in [0.05, 0.1) is 13.4 Å². The number of rotatable bonds is 2. The summed E-state index contributed by atoms with van der Waals surface area (Å²) >= 11 is 0. The quantitative estimate of drug-likeness (QED) is 0.592.